The van der Waals surface area contributed by atoms with Gasteiger partial charge in [0.25, 0.3) is 5.91 Å². The van der Waals surface area contributed by atoms with Gasteiger partial charge in [0.05, 0.1) is 18.8 Å². The number of ether oxygens (including phenoxy) is 2. The highest BCUT2D eigenvalue weighted by atomic mass is 16.5. The molecule has 0 saturated carbocycles. The lowest BCUT2D eigenvalue weighted by molar-refractivity contribution is -0.117. The Balaban J connectivity index is 1.82. The molecule has 1 fully saturated rings. The Labute approximate surface area is 146 Å². The van der Waals surface area contributed by atoms with Gasteiger partial charge in [0.1, 0.15) is 11.6 Å². The van der Waals surface area contributed by atoms with E-state index in [0.29, 0.717) is 18.7 Å². The van der Waals surface area contributed by atoms with Gasteiger partial charge in [-0.15, -0.1) is 0 Å². The minimum atomic E-state index is -0.425. The summed E-state index contributed by atoms with van der Waals surface area (Å²) in [5, 5.41) is 14.7. The molecule has 25 heavy (non-hydrogen) atoms. The van der Waals surface area contributed by atoms with Crippen LogP contribution in [0.15, 0.2) is 36.0 Å². The van der Waals surface area contributed by atoms with Crippen LogP contribution in [-0.4, -0.2) is 38.2 Å². The Morgan fingerprint density at radius 1 is 1.40 bits per heavy atom. The topological polar surface area (TPSA) is 100 Å². The fraction of sp³-hybridized carbons (Fsp3) is 0.389. The quantitative estimate of drug-likeness (QED) is 0.439. The number of hydrogen-bond acceptors (Lipinski definition) is 6. The summed E-state index contributed by atoms with van der Waals surface area (Å²) in [7, 11) is 1.33. The van der Waals surface area contributed by atoms with E-state index in [4.69, 9.17) is 10.00 Å². The molecule has 2 N–H and O–H groups in total. The van der Waals surface area contributed by atoms with Crippen molar-refractivity contribution in [1.29, 1.82) is 5.26 Å². The van der Waals surface area contributed by atoms with Gasteiger partial charge in [-0.05, 0) is 30.5 Å². The van der Waals surface area contributed by atoms with Crippen molar-refractivity contribution in [1.82, 2.24) is 10.6 Å². The van der Waals surface area contributed by atoms with Crippen molar-refractivity contribution in [2.75, 3.05) is 20.3 Å². The Bertz CT molecular complexity index is 671. The third-order valence-electron chi connectivity index (χ3n) is 3.81. The second-order valence-corrected chi connectivity index (χ2v) is 5.58. The largest absolute Gasteiger partial charge is 0.465 e. The van der Waals surface area contributed by atoms with E-state index >= 15 is 0 Å². The van der Waals surface area contributed by atoms with Crippen LogP contribution in [0.5, 0.6) is 0 Å². The van der Waals surface area contributed by atoms with E-state index in [0.717, 1.165) is 25.0 Å². The molecule has 1 aromatic rings. The van der Waals surface area contributed by atoms with E-state index in [1.165, 1.54) is 13.3 Å². The molecular formula is C18H21N3O4. The number of nitrogens with zero attached hydrogens (tertiary/aromatic N) is 1. The summed E-state index contributed by atoms with van der Waals surface area (Å²) in [4.78, 5) is 23.3. The number of esters is 1. The molecule has 7 nitrogen and oxygen atoms in total. The number of nitrogens with one attached hydrogen (secondary N) is 2. The van der Waals surface area contributed by atoms with E-state index in [9.17, 15) is 9.59 Å². The van der Waals surface area contributed by atoms with Crippen LogP contribution in [0.4, 0.5) is 0 Å². The molecule has 0 aromatic heterocycles. The molecule has 1 aliphatic rings. The maximum Gasteiger partial charge on any atom is 0.337 e. The lowest BCUT2D eigenvalue weighted by Gasteiger charge is -2.10. The number of carbonyl (C=O) groups is 2. The number of methoxy groups -OCH3 is 1. The monoisotopic (exact) mass is 343 g/mol. The van der Waals surface area contributed by atoms with Crippen LogP contribution < -0.4 is 10.6 Å². The smallest absolute Gasteiger partial charge is 0.337 e. The molecule has 1 aliphatic heterocycles. The van der Waals surface area contributed by atoms with Crippen LogP contribution in [0.1, 0.15) is 28.8 Å². The van der Waals surface area contributed by atoms with E-state index in [1.807, 2.05) is 6.07 Å². The third kappa shape index (κ3) is 5.62. The van der Waals surface area contributed by atoms with Gasteiger partial charge >= 0.3 is 5.97 Å². The standard InChI is InChI=1S/C18H21N3O4/c1-24-18(23)14-6-4-13(5-7-14)10-20-11-15(9-19)17(22)21-12-16-3-2-8-25-16/h4-7,11,16,20H,2-3,8,10,12H2,1H3,(H,21,22)/b15-11-. The van der Waals surface area contributed by atoms with Crippen LogP contribution in [0.25, 0.3) is 0 Å². The van der Waals surface area contributed by atoms with Gasteiger partial charge in [0, 0.05) is 25.9 Å². The maximum atomic E-state index is 12.0. The molecule has 0 aliphatic carbocycles. The highest BCUT2D eigenvalue weighted by molar-refractivity contribution is 5.97. The summed E-state index contributed by atoms with van der Waals surface area (Å²) in [6.45, 7) is 1.55. The minimum Gasteiger partial charge on any atom is -0.465 e. The second kappa shape index (κ2) is 9.45. The van der Waals surface area contributed by atoms with E-state index < -0.39 is 11.9 Å². The Morgan fingerprint density at radius 3 is 2.76 bits per heavy atom. The molecule has 7 heteroatoms. The van der Waals surface area contributed by atoms with Crippen LogP contribution in [0.3, 0.4) is 0 Å². The molecule has 1 saturated heterocycles. The number of carbonyl (C=O) groups excluding carboxylic acids is 2. The molecule has 1 heterocycles. The van der Waals surface area contributed by atoms with Gasteiger partial charge in [-0.2, -0.15) is 5.26 Å². The van der Waals surface area contributed by atoms with Crippen molar-refractivity contribution in [3.63, 3.8) is 0 Å². The van der Waals surface area contributed by atoms with Crippen molar-refractivity contribution in [2.45, 2.75) is 25.5 Å². The number of amides is 1. The molecule has 0 bridgehead atoms. The van der Waals surface area contributed by atoms with Gasteiger partial charge in [0.15, 0.2) is 0 Å². The number of nitriles is 1. The molecule has 1 atom stereocenters. The Kier molecular flexibility index (Phi) is 6.99. The zero-order valence-corrected chi connectivity index (χ0v) is 14.1. The first-order valence-corrected chi connectivity index (χ1v) is 8.04. The maximum absolute atomic E-state index is 12.0. The number of hydrogen-bond donors (Lipinski definition) is 2. The van der Waals surface area contributed by atoms with Crippen LogP contribution >= 0.6 is 0 Å². The summed E-state index contributed by atoms with van der Waals surface area (Å²) >= 11 is 0. The van der Waals surface area contributed by atoms with Crippen molar-refractivity contribution in [3.8, 4) is 6.07 Å². The molecule has 1 amide bonds. The summed E-state index contributed by atoms with van der Waals surface area (Å²) in [6, 6.07) is 8.75. The zero-order valence-electron chi connectivity index (χ0n) is 14.1. The number of benzene rings is 1. The summed E-state index contributed by atoms with van der Waals surface area (Å²) < 4.78 is 10.1. The van der Waals surface area contributed by atoms with E-state index in [2.05, 4.69) is 15.4 Å². The molecule has 132 valence electrons. The van der Waals surface area contributed by atoms with Crippen molar-refractivity contribution in [3.05, 3.63) is 47.2 Å². The lowest BCUT2D eigenvalue weighted by atomic mass is 10.1. The van der Waals surface area contributed by atoms with Gasteiger partial charge < -0.3 is 20.1 Å². The van der Waals surface area contributed by atoms with Gasteiger partial charge in [-0.1, -0.05) is 12.1 Å². The molecule has 1 aromatic carbocycles. The SMILES string of the molecule is COC(=O)c1ccc(CN/C=C(/C#N)C(=O)NCC2CCCO2)cc1. The van der Waals surface area contributed by atoms with Gasteiger partial charge in [-0.25, -0.2) is 4.79 Å². The minimum absolute atomic E-state index is 0.00387. The first-order valence-electron chi connectivity index (χ1n) is 8.04. The fourth-order valence-electron chi connectivity index (χ4n) is 2.40. The van der Waals surface area contributed by atoms with E-state index in [-0.39, 0.29) is 11.7 Å². The molecule has 0 spiro atoms. The Morgan fingerprint density at radius 2 is 2.16 bits per heavy atom. The normalized spacial score (nSPS) is 16.8. The fourth-order valence-corrected chi connectivity index (χ4v) is 2.40. The second-order valence-electron chi connectivity index (χ2n) is 5.58. The highest BCUT2D eigenvalue weighted by Crippen LogP contribution is 2.10. The van der Waals surface area contributed by atoms with E-state index in [1.54, 1.807) is 24.3 Å². The molecule has 0 radical (unpaired) electrons. The molecular weight excluding hydrogens is 322 g/mol. The first kappa shape index (κ1) is 18.5. The van der Waals surface area contributed by atoms with Gasteiger partial charge in [-0.3, -0.25) is 4.79 Å². The van der Waals surface area contributed by atoms with Crippen molar-refractivity contribution < 1.29 is 19.1 Å². The van der Waals surface area contributed by atoms with Crippen molar-refractivity contribution >= 4 is 11.9 Å². The summed E-state index contributed by atoms with van der Waals surface area (Å²) in [5.41, 5.74) is 1.37. The zero-order chi connectivity index (χ0) is 18.1. The predicted octanol–water partition coefficient (Wildman–Crippen LogP) is 1.27. The predicted molar refractivity (Wildman–Crippen MR) is 90.3 cm³/mol. The van der Waals surface area contributed by atoms with Crippen LogP contribution in [-0.2, 0) is 20.8 Å². The van der Waals surface area contributed by atoms with Crippen LogP contribution in [0.2, 0.25) is 0 Å². The number of rotatable bonds is 7. The van der Waals surface area contributed by atoms with Crippen LogP contribution in [0, 0.1) is 11.3 Å². The Hall–Kier alpha value is -2.85. The van der Waals surface area contributed by atoms with Gasteiger partial charge in [0.2, 0.25) is 0 Å². The first-order chi connectivity index (χ1) is 12.1. The average Bonchev–Trinajstić information content (AvgIpc) is 3.16. The molecule has 2 rings (SSSR count). The summed E-state index contributed by atoms with van der Waals surface area (Å²) in [5.74, 6) is -0.819. The van der Waals surface area contributed by atoms with Crippen molar-refractivity contribution in [2.24, 2.45) is 0 Å². The highest BCUT2D eigenvalue weighted by Gasteiger charge is 2.17. The summed E-state index contributed by atoms with van der Waals surface area (Å²) in [6.07, 6.45) is 3.34. The third-order valence-corrected chi connectivity index (χ3v) is 3.81. The molecule has 1 unspecified atom stereocenters. The average molecular weight is 343 g/mol. The lowest BCUT2D eigenvalue weighted by Crippen LogP contribution is -2.32.